The van der Waals surface area contributed by atoms with Crippen LogP contribution in [0.4, 0.5) is 5.69 Å². The maximum atomic E-state index is 11.3. The topological polar surface area (TPSA) is 105 Å². The summed E-state index contributed by atoms with van der Waals surface area (Å²) in [6, 6.07) is 6.06. The predicted molar refractivity (Wildman–Crippen MR) is 80.4 cm³/mol. The van der Waals surface area contributed by atoms with Gasteiger partial charge in [0.05, 0.1) is 11.5 Å². The molecule has 0 aliphatic rings. The van der Waals surface area contributed by atoms with E-state index < -0.39 is 4.92 Å². The van der Waals surface area contributed by atoms with Crippen molar-refractivity contribution in [1.82, 2.24) is 5.32 Å². The lowest BCUT2D eigenvalue weighted by Crippen LogP contribution is -2.37. The summed E-state index contributed by atoms with van der Waals surface area (Å²) in [4.78, 5) is 21.6. The number of hydrogen-bond donors (Lipinski definition) is 1. The van der Waals surface area contributed by atoms with Gasteiger partial charge in [0, 0.05) is 24.4 Å². The molecule has 0 saturated carbocycles. The van der Waals surface area contributed by atoms with Crippen molar-refractivity contribution in [3.63, 3.8) is 0 Å². The Morgan fingerprint density at radius 1 is 1.50 bits per heavy atom. The van der Waals surface area contributed by atoms with E-state index in [1.165, 1.54) is 18.2 Å². The van der Waals surface area contributed by atoms with E-state index in [4.69, 9.17) is 10.00 Å². The molecule has 1 rings (SSSR count). The van der Waals surface area contributed by atoms with E-state index >= 15 is 0 Å². The van der Waals surface area contributed by atoms with Gasteiger partial charge in [0.25, 0.3) is 5.69 Å². The van der Waals surface area contributed by atoms with E-state index in [2.05, 4.69) is 5.32 Å². The molecule has 0 aromatic heterocycles. The highest BCUT2D eigenvalue weighted by Crippen LogP contribution is 2.28. The standard InChI is InChI=1S/C15H19N3O4/c1-4-14(19)17-9-15(2,3)10-22-13-7-5-6-12(18(20)21)11(13)8-16/h5-7H,4,9-10H2,1-3H3,(H,17,19). The number of amides is 1. The van der Waals surface area contributed by atoms with Crippen LogP contribution in [0.2, 0.25) is 0 Å². The van der Waals surface area contributed by atoms with Crippen LogP contribution in [0.25, 0.3) is 0 Å². The molecule has 0 atom stereocenters. The Bertz CT molecular complexity index is 605. The highest BCUT2D eigenvalue weighted by atomic mass is 16.6. The van der Waals surface area contributed by atoms with Crippen molar-refractivity contribution < 1.29 is 14.5 Å². The second-order valence-electron chi connectivity index (χ2n) is 5.60. The molecule has 0 unspecified atom stereocenters. The molecule has 1 aromatic rings. The number of ether oxygens (including phenoxy) is 1. The minimum atomic E-state index is -0.613. The average molecular weight is 305 g/mol. The van der Waals surface area contributed by atoms with Gasteiger partial charge in [0.15, 0.2) is 5.56 Å². The molecule has 1 amide bonds. The Labute approximate surface area is 129 Å². The molecule has 0 spiro atoms. The van der Waals surface area contributed by atoms with Crippen molar-refractivity contribution in [2.45, 2.75) is 27.2 Å². The van der Waals surface area contributed by atoms with Gasteiger partial charge in [0.2, 0.25) is 5.91 Å². The van der Waals surface area contributed by atoms with Gasteiger partial charge < -0.3 is 10.1 Å². The quantitative estimate of drug-likeness (QED) is 0.615. The number of hydrogen-bond acceptors (Lipinski definition) is 5. The molecule has 1 aromatic carbocycles. The van der Waals surface area contributed by atoms with E-state index in [0.717, 1.165) is 0 Å². The second-order valence-corrected chi connectivity index (χ2v) is 5.60. The smallest absolute Gasteiger partial charge is 0.290 e. The van der Waals surface area contributed by atoms with Crippen LogP contribution in [0, 0.1) is 26.9 Å². The van der Waals surface area contributed by atoms with Crippen molar-refractivity contribution >= 4 is 11.6 Å². The largest absolute Gasteiger partial charge is 0.491 e. The van der Waals surface area contributed by atoms with Crippen LogP contribution in [0.1, 0.15) is 32.8 Å². The Hall–Kier alpha value is -2.62. The summed E-state index contributed by atoms with van der Waals surface area (Å²) in [5.41, 5.74) is -0.750. The fourth-order valence-corrected chi connectivity index (χ4v) is 1.69. The Morgan fingerprint density at radius 3 is 2.73 bits per heavy atom. The number of nitrogens with one attached hydrogen (secondary N) is 1. The number of nitro benzene ring substituents is 1. The SMILES string of the molecule is CCC(=O)NCC(C)(C)COc1cccc([N+](=O)[O-])c1C#N. The van der Waals surface area contributed by atoms with Crippen molar-refractivity contribution in [2.75, 3.05) is 13.2 Å². The Kier molecular flexibility index (Phi) is 5.87. The zero-order valence-corrected chi connectivity index (χ0v) is 12.9. The van der Waals surface area contributed by atoms with Crippen LogP contribution in [-0.4, -0.2) is 24.0 Å². The number of benzene rings is 1. The van der Waals surface area contributed by atoms with E-state index in [9.17, 15) is 14.9 Å². The lowest BCUT2D eigenvalue weighted by Gasteiger charge is -2.25. The molecule has 0 aliphatic carbocycles. The number of carbonyl (C=O) groups is 1. The molecule has 22 heavy (non-hydrogen) atoms. The molecule has 1 N–H and O–H groups in total. The first-order valence-electron chi connectivity index (χ1n) is 6.87. The molecule has 0 radical (unpaired) electrons. The lowest BCUT2D eigenvalue weighted by molar-refractivity contribution is -0.385. The number of nitro groups is 1. The van der Waals surface area contributed by atoms with Gasteiger partial charge in [-0.05, 0) is 6.07 Å². The first-order valence-corrected chi connectivity index (χ1v) is 6.87. The fourth-order valence-electron chi connectivity index (χ4n) is 1.69. The van der Waals surface area contributed by atoms with Crippen molar-refractivity contribution in [1.29, 1.82) is 5.26 Å². The van der Waals surface area contributed by atoms with Gasteiger partial charge in [-0.15, -0.1) is 0 Å². The predicted octanol–water partition coefficient (Wildman–Crippen LogP) is 2.40. The molecule has 118 valence electrons. The lowest BCUT2D eigenvalue weighted by atomic mass is 9.94. The van der Waals surface area contributed by atoms with Crippen molar-refractivity contribution in [3.8, 4) is 11.8 Å². The number of nitrogens with zero attached hydrogens (tertiary/aromatic N) is 2. The van der Waals surface area contributed by atoms with Gasteiger partial charge in [0.1, 0.15) is 11.8 Å². The normalized spacial score (nSPS) is 10.6. The maximum Gasteiger partial charge on any atom is 0.290 e. The number of nitriles is 1. The van der Waals surface area contributed by atoms with Crippen LogP contribution in [0.3, 0.4) is 0 Å². The average Bonchev–Trinajstić information content (AvgIpc) is 2.50. The summed E-state index contributed by atoms with van der Waals surface area (Å²) in [6.07, 6.45) is 0.403. The summed E-state index contributed by atoms with van der Waals surface area (Å²) in [5.74, 6) is 0.118. The third-order valence-corrected chi connectivity index (χ3v) is 3.02. The third-order valence-electron chi connectivity index (χ3n) is 3.02. The van der Waals surface area contributed by atoms with Gasteiger partial charge >= 0.3 is 0 Å². The highest BCUT2D eigenvalue weighted by molar-refractivity contribution is 5.75. The van der Waals surface area contributed by atoms with Crippen LogP contribution >= 0.6 is 0 Å². The zero-order chi connectivity index (χ0) is 16.8. The van der Waals surface area contributed by atoms with Crippen LogP contribution in [-0.2, 0) is 4.79 Å². The molecule has 7 heteroatoms. The minimum Gasteiger partial charge on any atom is -0.491 e. The van der Waals surface area contributed by atoms with Crippen LogP contribution < -0.4 is 10.1 Å². The van der Waals surface area contributed by atoms with Gasteiger partial charge in [-0.3, -0.25) is 14.9 Å². The third kappa shape index (κ3) is 4.74. The van der Waals surface area contributed by atoms with Crippen molar-refractivity contribution in [2.24, 2.45) is 5.41 Å². The molecular weight excluding hydrogens is 286 g/mol. The molecular formula is C15H19N3O4. The highest BCUT2D eigenvalue weighted by Gasteiger charge is 2.23. The first kappa shape index (κ1) is 17.4. The first-order chi connectivity index (χ1) is 10.3. The fraction of sp³-hybridized carbons (Fsp3) is 0.467. The zero-order valence-electron chi connectivity index (χ0n) is 12.9. The summed E-state index contributed by atoms with van der Waals surface area (Å²) in [6.45, 7) is 6.18. The maximum absolute atomic E-state index is 11.3. The van der Waals surface area contributed by atoms with Gasteiger partial charge in [-0.25, -0.2) is 0 Å². The Balaban J connectivity index is 2.80. The van der Waals surface area contributed by atoms with Crippen molar-refractivity contribution in [3.05, 3.63) is 33.9 Å². The molecule has 0 aliphatic heterocycles. The summed E-state index contributed by atoms with van der Waals surface area (Å²) in [7, 11) is 0. The van der Waals surface area contributed by atoms with Gasteiger partial charge in [-0.1, -0.05) is 26.8 Å². The van der Waals surface area contributed by atoms with E-state index in [0.29, 0.717) is 13.0 Å². The van der Waals surface area contributed by atoms with E-state index in [1.54, 1.807) is 13.0 Å². The molecule has 7 nitrogen and oxygen atoms in total. The number of carbonyl (C=O) groups excluding carboxylic acids is 1. The van der Waals surface area contributed by atoms with E-state index in [-0.39, 0.29) is 34.9 Å². The molecule has 0 saturated heterocycles. The summed E-state index contributed by atoms with van der Waals surface area (Å²) < 4.78 is 5.57. The minimum absolute atomic E-state index is 0.0545. The Morgan fingerprint density at radius 2 is 2.18 bits per heavy atom. The summed E-state index contributed by atoms with van der Waals surface area (Å²) >= 11 is 0. The van der Waals surface area contributed by atoms with E-state index in [1.807, 2.05) is 13.8 Å². The second kappa shape index (κ2) is 7.41. The molecule has 0 bridgehead atoms. The van der Waals surface area contributed by atoms with Crippen LogP contribution in [0.15, 0.2) is 18.2 Å². The van der Waals surface area contributed by atoms with Gasteiger partial charge in [-0.2, -0.15) is 5.26 Å². The number of rotatable bonds is 7. The molecule has 0 fully saturated rings. The molecule has 0 heterocycles. The monoisotopic (exact) mass is 305 g/mol. The summed E-state index contributed by atoms with van der Waals surface area (Å²) in [5, 5.41) is 22.8. The van der Waals surface area contributed by atoms with Crippen LogP contribution in [0.5, 0.6) is 5.75 Å².